The second-order valence-electron chi connectivity index (χ2n) is 9.41. The van der Waals surface area contributed by atoms with Crippen LogP contribution in [-0.4, -0.2) is 35.7 Å². The number of hydrogen-bond donors (Lipinski definition) is 4. The fourth-order valence-corrected chi connectivity index (χ4v) is 4.33. The first kappa shape index (κ1) is 25.3. The predicted molar refractivity (Wildman–Crippen MR) is 138 cm³/mol. The van der Waals surface area contributed by atoms with Gasteiger partial charge in [0.15, 0.2) is 11.1 Å². The van der Waals surface area contributed by atoms with E-state index >= 15 is 0 Å². The quantitative estimate of drug-likeness (QED) is 0.241. The Morgan fingerprint density at radius 1 is 1.15 bits per heavy atom. The van der Waals surface area contributed by atoms with Crippen molar-refractivity contribution in [1.82, 2.24) is 24.6 Å². The molecule has 0 amide bonds. The fraction of sp³-hybridized carbons (Fsp3) is 0.185. The van der Waals surface area contributed by atoms with Crippen molar-refractivity contribution < 1.29 is 22.7 Å². The molecule has 1 fully saturated rings. The van der Waals surface area contributed by atoms with Gasteiger partial charge in [-0.2, -0.15) is 22.8 Å². The van der Waals surface area contributed by atoms with Crippen LogP contribution in [0.25, 0.3) is 22.9 Å². The molecule has 9 nitrogen and oxygen atoms in total. The lowest BCUT2D eigenvalue weighted by atomic mass is 9.97. The molecule has 204 valence electrons. The molecule has 0 atom stereocenters. The van der Waals surface area contributed by atoms with Gasteiger partial charge in [0.25, 0.3) is 0 Å². The summed E-state index contributed by atoms with van der Waals surface area (Å²) >= 11 is 0. The Hall–Kier alpha value is -4.94. The van der Waals surface area contributed by atoms with Gasteiger partial charge in [-0.25, -0.2) is 14.2 Å². The van der Waals surface area contributed by atoms with Gasteiger partial charge in [0, 0.05) is 17.8 Å². The molecule has 3 aromatic heterocycles. The third kappa shape index (κ3) is 5.17. The van der Waals surface area contributed by atoms with Crippen LogP contribution in [0.1, 0.15) is 29.7 Å². The normalized spacial score (nSPS) is 14.8. The van der Waals surface area contributed by atoms with Crippen LogP contribution >= 0.6 is 0 Å². The maximum atomic E-state index is 14.2. The summed E-state index contributed by atoms with van der Waals surface area (Å²) in [6.45, 7) is 0.0501. The summed E-state index contributed by atoms with van der Waals surface area (Å²) in [5.74, 6) is -0.504. The van der Waals surface area contributed by atoms with Crippen LogP contribution in [-0.2, 0) is 12.7 Å². The molecule has 1 aliphatic carbocycles. The number of aromatic hydroxyl groups is 1. The number of imidazole rings is 1. The molecule has 0 saturated heterocycles. The highest BCUT2D eigenvalue weighted by Gasteiger charge is 2.30. The van der Waals surface area contributed by atoms with E-state index in [2.05, 4.69) is 25.4 Å². The van der Waals surface area contributed by atoms with Crippen LogP contribution in [0.3, 0.4) is 0 Å². The largest absolute Gasteiger partial charge is 0.493 e. The molecule has 6 rings (SSSR count). The number of hydrogen-bond acceptors (Lipinski definition) is 6. The lowest BCUT2D eigenvalue weighted by Gasteiger charge is -2.14. The summed E-state index contributed by atoms with van der Waals surface area (Å²) in [5.41, 5.74) is 0.823. The number of nitrogens with zero attached hydrogens (tertiary/aromatic N) is 4. The van der Waals surface area contributed by atoms with Crippen molar-refractivity contribution in [2.75, 3.05) is 5.32 Å². The summed E-state index contributed by atoms with van der Waals surface area (Å²) in [6, 6.07) is 10.6. The number of anilines is 1. The first-order valence-electron chi connectivity index (χ1n) is 12.3. The molecular formula is C27H21F4N7O2. The number of nitrogens with one attached hydrogen (secondary N) is 3. The molecule has 1 aliphatic rings. The zero-order valence-corrected chi connectivity index (χ0v) is 20.6. The van der Waals surface area contributed by atoms with Crippen molar-refractivity contribution in [3.63, 3.8) is 0 Å². The van der Waals surface area contributed by atoms with E-state index in [4.69, 9.17) is 4.99 Å². The average Bonchev–Trinajstić information content (AvgIpc) is 3.55. The van der Waals surface area contributed by atoms with Gasteiger partial charge in [0.05, 0.1) is 17.8 Å². The highest BCUT2D eigenvalue weighted by atomic mass is 19.4. The lowest BCUT2D eigenvalue weighted by molar-refractivity contribution is -0.137. The Bertz CT molecular complexity index is 1920. The van der Waals surface area contributed by atoms with E-state index in [0.717, 1.165) is 25.0 Å². The molecule has 0 bridgehead atoms. The molecule has 4 N–H and O–H groups in total. The van der Waals surface area contributed by atoms with E-state index < -0.39 is 23.2 Å². The van der Waals surface area contributed by atoms with Gasteiger partial charge in [-0.3, -0.25) is 9.98 Å². The first-order chi connectivity index (χ1) is 19.1. The number of H-pyrrole nitrogens is 2. The molecular weight excluding hydrogens is 530 g/mol. The third-order valence-corrected chi connectivity index (χ3v) is 6.41. The number of fused-ring (bicyclic) bond motifs is 1. The number of aromatic amines is 2. The molecule has 0 aliphatic heterocycles. The van der Waals surface area contributed by atoms with Crippen LogP contribution in [0.4, 0.5) is 23.4 Å². The summed E-state index contributed by atoms with van der Waals surface area (Å²) < 4.78 is 55.7. The van der Waals surface area contributed by atoms with E-state index in [1.807, 2.05) is 0 Å². The number of aromatic nitrogens is 5. The second kappa shape index (κ2) is 9.67. The molecule has 3 heterocycles. The highest BCUT2D eigenvalue weighted by molar-refractivity contribution is 5.69. The number of alkyl halides is 3. The topological polar surface area (TPSA) is 123 Å². The van der Waals surface area contributed by atoms with Crippen LogP contribution in [0, 0.1) is 5.82 Å². The van der Waals surface area contributed by atoms with Crippen molar-refractivity contribution in [1.29, 1.82) is 0 Å². The van der Waals surface area contributed by atoms with Gasteiger partial charge in [-0.15, -0.1) is 0 Å². The first-order valence-corrected chi connectivity index (χ1v) is 12.3. The van der Waals surface area contributed by atoms with Gasteiger partial charge in [0.1, 0.15) is 17.3 Å². The number of halogens is 4. The summed E-state index contributed by atoms with van der Waals surface area (Å²) in [7, 11) is 0. The predicted octanol–water partition coefficient (Wildman–Crippen LogP) is 3.50. The maximum Gasteiger partial charge on any atom is 0.416 e. The fourth-order valence-electron chi connectivity index (χ4n) is 4.33. The van der Waals surface area contributed by atoms with Crippen molar-refractivity contribution in [3.05, 3.63) is 98.6 Å². The van der Waals surface area contributed by atoms with Crippen molar-refractivity contribution >= 4 is 17.5 Å². The smallest absolute Gasteiger partial charge is 0.416 e. The lowest BCUT2D eigenvalue weighted by Crippen LogP contribution is -2.20. The zero-order valence-electron chi connectivity index (χ0n) is 20.6. The van der Waals surface area contributed by atoms with Crippen LogP contribution in [0.15, 0.2) is 64.5 Å². The summed E-state index contributed by atoms with van der Waals surface area (Å²) in [5, 5.41) is 17.9. The van der Waals surface area contributed by atoms with Crippen molar-refractivity contribution in [2.45, 2.75) is 31.6 Å². The van der Waals surface area contributed by atoms with Crippen LogP contribution in [0.5, 0.6) is 5.88 Å². The van der Waals surface area contributed by atoms with Gasteiger partial charge >= 0.3 is 11.9 Å². The van der Waals surface area contributed by atoms with E-state index in [1.54, 1.807) is 6.07 Å². The molecule has 0 radical (unpaired) electrons. The van der Waals surface area contributed by atoms with E-state index in [-0.39, 0.29) is 24.2 Å². The number of benzene rings is 2. The second-order valence-corrected chi connectivity index (χ2v) is 9.41. The third-order valence-electron chi connectivity index (χ3n) is 6.41. The van der Waals surface area contributed by atoms with Crippen molar-refractivity contribution in [3.8, 4) is 17.0 Å². The standard InChI is InChI=1S/C27H21F4N7O2/c28-18-4-7-20(14-2-1-3-17(8-14)27(29,30)31)15(9-18)12-32-22-11-23(34-19-5-6-19)38-24(36-22)16(13-33-38)10-21-25(39)37-26(40)35-21/h1-4,7-11,13,19,32,39H,5-6,12H2,(H2,35,37,40). The average molecular weight is 552 g/mol. The Morgan fingerprint density at radius 3 is 2.70 bits per heavy atom. The zero-order chi connectivity index (χ0) is 28.0. The Labute approximate surface area is 222 Å². The van der Waals surface area contributed by atoms with E-state index in [1.165, 1.54) is 47.1 Å². The minimum absolute atomic E-state index is 0.0501. The van der Waals surface area contributed by atoms with Gasteiger partial charge in [0.2, 0.25) is 5.88 Å². The SMILES string of the molecule is O=c1[nH]c(O)c(C=c2cnn3c(=NC4CC4)cc(NCc4cc(F)ccc4-c4cccc(C(F)(F)F)c4)nc23)[nH]1. The molecule has 0 spiro atoms. The monoisotopic (exact) mass is 551 g/mol. The van der Waals surface area contributed by atoms with Gasteiger partial charge < -0.3 is 15.4 Å². The van der Waals surface area contributed by atoms with E-state index in [9.17, 15) is 27.5 Å². The van der Waals surface area contributed by atoms with Crippen molar-refractivity contribution in [2.24, 2.45) is 4.99 Å². The van der Waals surface area contributed by atoms with Gasteiger partial charge in [-0.05, 0) is 59.9 Å². The Morgan fingerprint density at radius 2 is 1.98 bits per heavy atom. The van der Waals surface area contributed by atoms with Crippen LogP contribution in [0.2, 0.25) is 0 Å². The molecule has 0 unspecified atom stereocenters. The summed E-state index contributed by atoms with van der Waals surface area (Å²) in [4.78, 5) is 25.6. The van der Waals surface area contributed by atoms with Gasteiger partial charge in [-0.1, -0.05) is 18.2 Å². The Kier molecular flexibility index (Phi) is 6.12. The molecule has 1 saturated carbocycles. The molecule has 5 aromatic rings. The minimum Gasteiger partial charge on any atom is -0.493 e. The highest BCUT2D eigenvalue weighted by Crippen LogP contribution is 2.33. The molecule has 13 heteroatoms. The molecule has 40 heavy (non-hydrogen) atoms. The number of rotatable bonds is 6. The Balaban J connectivity index is 1.40. The van der Waals surface area contributed by atoms with E-state index in [0.29, 0.717) is 38.9 Å². The van der Waals surface area contributed by atoms with Crippen LogP contribution < -0.4 is 21.7 Å². The minimum atomic E-state index is -4.51. The molecule has 2 aromatic carbocycles. The maximum absolute atomic E-state index is 14.2. The summed E-state index contributed by atoms with van der Waals surface area (Å²) in [6.07, 6.45) is 0.385.